The molecule has 2 aromatic carbocycles. The van der Waals surface area contributed by atoms with E-state index in [0.29, 0.717) is 19.5 Å². The second kappa shape index (κ2) is 11.2. The summed E-state index contributed by atoms with van der Waals surface area (Å²) in [5.41, 5.74) is 1.58. The molecule has 1 atom stereocenters. The maximum Gasteiger partial charge on any atom is 0.408 e. The maximum absolute atomic E-state index is 13.4. The van der Waals surface area contributed by atoms with E-state index < -0.39 is 17.7 Å². The molecule has 1 N–H and O–H groups in total. The minimum absolute atomic E-state index is 0.0752. The highest BCUT2D eigenvalue weighted by Gasteiger charge is 2.30. The Hall–Kier alpha value is -3.06. The molecule has 1 saturated heterocycles. The number of methoxy groups -OCH3 is 1. The summed E-state index contributed by atoms with van der Waals surface area (Å²) >= 11 is 0. The summed E-state index contributed by atoms with van der Waals surface area (Å²) in [6.07, 6.45) is -0.153. The first kappa shape index (κ1) is 24.6. The van der Waals surface area contributed by atoms with Gasteiger partial charge in [-0.2, -0.15) is 0 Å². The molecule has 7 heteroatoms. The maximum atomic E-state index is 13.4. The molecule has 1 aliphatic heterocycles. The fourth-order valence-electron chi connectivity index (χ4n) is 3.84. The Balaban J connectivity index is 1.60. The minimum Gasteiger partial charge on any atom is -0.497 e. The molecule has 2 aromatic rings. The molecule has 1 aliphatic rings. The Kier molecular flexibility index (Phi) is 8.33. The summed E-state index contributed by atoms with van der Waals surface area (Å²) in [6, 6.07) is 17.1. The lowest BCUT2D eigenvalue weighted by atomic mass is 10.0. The van der Waals surface area contributed by atoms with E-state index in [1.807, 2.05) is 68.1 Å². The van der Waals surface area contributed by atoms with E-state index in [9.17, 15) is 9.59 Å². The number of nitrogens with zero attached hydrogens (tertiary/aromatic N) is 2. The van der Waals surface area contributed by atoms with Gasteiger partial charge < -0.3 is 19.7 Å². The van der Waals surface area contributed by atoms with Crippen molar-refractivity contribution >= 4 is 12.0 Å². The van der Waals surface area contributed by atoms with E-state index in [0.717, 1.165) is 30.9 Å². The second-order valence-corrected chi connectivity index (χ2v) is 9.34. The van der Waals surface area contributed by atoms with Gasteiger partial charge in [-0.25, -0.2) is 4.79 Å². The summed E-state index contributed by atoms with van der Waals surface area (Å²) in [7, 11) is 1.66. The lowest BCUT2D eigenvalue weighted by molar-refractivity contribution is -0.135. The predicted molar refractivity (Wildman–Crippen MR) is 128 cm³/mol. The van der Waals surface area contributed by atoms with E-state index in [1.54, 1.807) is 7.11 Å². The van der Waals surface area contributed by atoms with Gasteiger partial charge in [-0.05, 0) is 44.0 Å². The van der Waals surface area contributed by atoms with Crippen LogP contribution < -0.4 is 10.1 Å². The van der Waals surface area contributed by atoms with Crippen molar-refractivity contribution in [3.63, 3.8) is 0 Å². The molecular formula is C26H35N3O4. The van der Waals surface area contributed by atoms with Gasteiger partial charge in [0.05, 0.1) is 7.11 Å². The van der Waals surface area contributed by atoms with Crippen molar-refractivity contribution in [3.05, 3.63) is 65.7 Å². The number of alkyl carbamates (subject to hydrolysis) is 1. The SMILES string of the molecule is COc1ccc(CN2CCN(C(=O)C(Cc3ccccc3)NC(=O)OC(C)(C)C)CC2)cc1. The van der Waals surface area contributed by atoms with Crippen LogP contribution in [-0.4, -0.2) is 66.7 Å². The number of benzene rings is 2. The van der Waals surface area contributed by atoms with E-state index in [4.69, 9.17) is 9.47 Å². The first-order valence-electron chi connectivity index (χ1n) is 11.4. The standard InChI is InChI=1S/C26H35N3O4/c1-26(2,3)33-25(31)27-23(18-20-8-6-5-7-9-20)24(30)29-16-14-28(15-17-29)19-21-10-12-22(32-4)13-11-21/h5-13,23H,14-19H2,1-4H3,(H,27,31). The van der Waals surface area contributed by atoms with E-state index in [1.165, 1.54) is 5.56 Å². The highest BCUT2D eigenvalue weighted by atomic mass is 16.6. The number of hydrogen-bond acceptors (Lipinski definition) is 5. The number of nitrogens with one attached hydrogen (secondary N) is 1. The summed E-state index contributed by atoms with van der Waals surface area (Å²) < 4.78 is 10.6. The molecule has 0 aliphatic carbocycles. The monoisotopic (exact) mass is 453 g/mol. The van der Waals surface area contributed by atoms with Crippen molar-refractivity contribution in [2.45, 2.75) is 45.4 Å². The van der Waals surface area contributed by atoms with E-state index in [2.05, 4.69) is 22.3 Å². The van der Waals surface area contributed by atoms with Gasteiger partial charge in [-0.1, -0.05) is 42.5 Å². The van der Waals surface area contributed by atoms with Crippen molar-refractivity contribution in [1.29, 1.82) is 0 Å². The normalized spacial score (nSPS) is 15.6. The molecular weight excluding hydrogens is 418 g/mol. The minimum atomic E-state index is -0.671. The topological polar surface area (TPSA) is 71.1 Å². The molecule has 0 spiro atoms. The average Bonchev–Trinajstić information content (AvgIpc) is 2.79. The molecule has 1 fully saturated rings. The molecule has 0 bridgehead atoms. The number of carbonyl (C=O) groups excluding carboxylic acids is 2. The third-order valence-corrected chi connectivity index (χ3v) is 5.52. The van der Waals surface area contributed by atoms with Crippen LogP contribution in [0.1, 0.15) is 31.9 Å². The number of piperazine rings is 1. The summed E-state index contributed by atoms with van der Waals surface area (Å²) in [5, 5.41) is 2.80. The smallest absolute Gasteiger partial charge is 0.408 e. The lowest BCUT2D eigenvalue weighted by Gasteiger charge is -2.36. The van der Waals surface area contributed by atoms with Gasteiger partial charge >= 0.3 is 6.09 Å². The van der Waals surface area contributed by atoms with Crippen molar-refractivity contribution in [1.82, 2.24) is 15.1 Å². The fourth-order valence-corrected chi connectivity index (χ4v) is 3.84. The predicted octanol–water partition coefficient (Wildman–Crippen LogP) is 3.48. The quantitative estimate of drug-likeness (QED) is 0.695. The Bertz CT molecular complexity index is 901. The first-order valence-corrected chi connectivity index (χ1v) is 11.4. The van der Waals surface area contributed by atoms with Crippen LogP contribution in [0.25, 0.3) is 0 Å². The Morgan fingerprint density at radius 3 is 2.15 bits per heavy atom. The molecule has 178 valence electrons. The highest BCUT2D eigenvalue weighted by molar-refractivity contribution is 5.86. The van der Waals surface area contributed by atoms with Gasteiger partial charge in [-0.3, -0.25) is 9.69 Å². The largest absolute Gasteiger partial charge is 0.497 e. The van der Waals surface area contributed by atoms with Crippen LogP contribution >= 0.6 is 0 Å². The van der Waals surface area contributed by atoms with Crippen LogP contribution in [0.15, 0.2) is 54.6 Å². The molecule has 0 radical (unpaired) electrons. The fraction of sp³-hybridized carbons (Fsp3) is 0.462. The van der Waals surface area contributed by atoms with Gasteiger partial charge in [0.2, 0.25) is 5.91 Å². The zero-order valence-corrected chi connectivity index (χ0v) is 20.0. The second-order valence-electron chi connectivity index (χ2n) is 9.34. The van der Waals surface area contributed by atoms with Gasteiger partial charge in [-0.15, -0.1) is 0 Å². The molecule has 3 rings (SSSR count). The average molecular weight is 454 g/mol. The zero-order chi connectivity index (χ0) is 23.8. The van der Waals surface area contributed by atoms with E-state index in [-0.39, 0.29) is 5.91 Å². The van der Waals surface area contributed by atoms with Crippen LogP contribution in [-0.2, 0) is 22.5 Å². The number of hydrogen-bond donors (Lipinski definition) is 1. The van der Waals surface area contributed by atoms with Crippen molar-refractivity contribution in [2.75, 3.05) is 33.3 Å². The van der Waals surface area contributed by atoms with Crippen molar-refractivity contribution < 1.29 is 19.1 Å². The first-order chi connectivity index (χ1) is 15.7. The van der Waals surface area contributed by atoms with Gasteiger partial charge in [0.25, 0.3) is 0 Å². The van der Waals surface area contributed by atoms with Crippen LogP contribution in [0.2, 0.25) is 0 Å². The number of amides is 2. The zero-order valence-electron chi connectivity index (χ0n) is 20.0. The Labute approximate surface area is 196 Å². The Morgan fingerprint density at radius 1 is 0.939 bits per heavy atom. The third-order valence-electron chi connectivity index (χ3n) is 5.52. The lowest BCUT2D eigenvalue weighted by Crippen LogP contribution is -2.55. The summed E-state index contributed by atoms with van der Waals surface area (Å²) in [5.74, 6) is 0.768. The van der Waals surface area contributed by atoms with Crippen LogP contribution in [0.4, 0.5) is 4.79 Å². The van der Waals surface area contributed by atoms with Gasteiger partial charge in [0, 0.05) is 39.1 Å². The van der Waals surface area contributed by atoms with Crippen LogP contribution in [0.5, 0.6) is 5.75 Å². The molecule has 33 heavy (non-hydrogen) atoms. The van der Waals surface area contributed by atoms with Gasteiger partial charge in [0.15, 0.2) is 0 Å². The number of ether oxygens (including phenoxy) is 2. The molecule has 2 amide bonds. The Morgan fingerprint density at radius 2 is 1.58 bits per heavy atom. The van der Waals surface area contributed by atoms with E-state index >= 15 is 0 Å². The summed E-state index contributed by atoms with van der Waals surface area (Å²) in [6.45, 7) is 9.06. The molecule has 1 unspecified atom stereocenters. The third kappa shape index (κ3) is 7.79. The number of rotatable bonds is 7. The molecule has 0 aromatic heterocycles. The van der Waals surface area contributed by atoms with Crippen molar-refractivity contribution in [3.8, 4) is 5.75 Å². The number of carbonyl (C=O) groups is 2. The van der Waals surface area contributed by atoms with Crippen LogP contribution in [0.3, 0.4) is 0 Å². The molecule has 0 saturated carbocycles. The van der Waals surface area contributed by atoms with Crippen LogP contribution in [0, 0.1) is 0 Å². The van der Waals surface area contributed by atoms with Gasteiger partial charge in [0.1, 0.15) is 17.4 Å². The van der Waals surface area contributed by atoms with Crippen molar-refractivity contribution in [2.24, 2.45) is 0 Å². The highest BCUT2D eigenvalue weighted by Crippen LogP contribution is 2.15. The molecule has 1 heterocycles. The molecule has 7 nitrogen and oxygen atoms in total. The summed E-state index contributed by atoms with van der Waals surface area (Å²) in [4.78, 5) is 30.0.